The summed E-state index contributed by atoms with van der Waals surface area (Å²) in [5, 5.41) is 12.9. The first-order valence-corrected chi connectivity index (χ1v) is 9.77. The first kappa shape index (κ1) is 19.9. The summed E-state index contributed by atoms with van der Waals surface area (Å²) in [6.45, 7) is 2.99. The molecule has 0 spiro atoms. The zero-order chi connectivity index (χ0) is 19.9. The van der Waals surface area contributed by atoms with Gasteiger partial charge in [0.05, 0.1) is 12.6 Å². The highest BCUT2D eigenvalue weighted by molar-refractivity contribution is 5.87. The topological polar surface area (TPSA) is 98.2 Å². The lowest BCUT2D eigenvalue weighted by atomic mass is 10.1. The highest BCUT2D eigenvalue weighted by atomic mass is 16.5. The molecule has 28 heavy (non-hydrogen) atoms. The summed E-state index contributed by atoms with van der Waals surface area (Å²) in [7, 11) is 1.66. The second-order valence-electron chi connectivity index (χ2n) is 6.95. The van der Waals surface area contributed by atoms with Gasteiger partial charge in [-0.1, -0.05) is 31.9 Å². The van der Waals surface area contributed by atoms with Crippen molar-refractivity contribution in [3.8, 4) is 5.75 Å². The Morgan fingerprint density at radius 1 is 1.18 bits per heavy atom. The van der Waals surface area contributed by atoms with E-state index >= 15 is 0 Å². The highest BCUT2D eigenvalue weighted by Crippen LogP contribution is 2.26. The Hall–Kier alpha value is -2.80. The van der Waals surface area contributed by atoms with Crippen molar-refractivity contribution in [2.24, 2.45) is 0 Å². The van der Waals surface area contributed by atoms with Gasteiger partial charge in [0, 0.05) is 25.4 Å². The summed E-state index contributed by atoms with van der Waals surface area (Å²) in [5.41, 5.74) is 8.81. The SMILES string of the molecule is CCCCC(CCO)Nc1nc(N)nc2ccn(Cc3ccc(OC)cc3)c12. The molecule has 7 nitrogen and oxygen atoms in total. The fourth-order valence-electron chi connectivity index (χ4n) is 3.37. The average molecular weight is 383 g/mol. The summed E-state index contributed by atoms with van der Waals surface area (Å²) >= 11 is 0. The zero-order valence-electron chi connectivity index (χ0n) is 16.6. The van der Waals surface area contributed by atoms with Crippen LogP contribution in [0.25, 0.3) is 11.0 Å². The molecule has 0 aliphatic carbocycles. The second kappa shape index (κ2) is 9.41. The van der Waals surface area contributed by atoms with Crippen LogP contribution in [-0.4, -0.2) is 39.4 Å². The molecule has 150 valence electrons. The van der Waals surface area contributed by atoms with Crippen molar-refractivity contribution in [2.45, 2.75) is 45.2 Å². The first-order chi connectivity index (χ1) is 13.6. The molecule has 3 rings (SSSR count). The quantitative estimate of drug-likeness (QED) is 0.496. The van der Waals surface area contributed by atoms with E-state index in [0.717, 1.165) is 47.4 Å². The van der Waals surface area contributed by atoms with Crippen molar-refractivity contribution in [2.75, 3.05) is 24.8 Å². The fourth-order valence-corrected chi connectivity index (χ4v) is 3.37. The normalized spacial score (nSPS) is 12.2. The molecule has 7 heteroatoms. The molecule has 0 saturated carbocycles. The molecule has 0 radical (unpaired) electrons. The number of rotatable bonds is 10. The van der Waals surface area contributed by atoms with Crippen molar-refractivity contribution in [3.05, 3.63) is 42.1 Å². The molecule has 1 unspecified atom stereocenters. The Morgan fingerprint density at radius 3 is 2.64 bits per heavy atom. The predicted octanol–water partition coefficient (Wildman–Crippen LogP) is 3.42. The van der Waals surface area contributed by atoms with Crippen LogP contribution in [0, 0.1) is 0 Å². The van der Waals surface area contributed by atoms with E-state index in [1.807, 2.05) is 36.5 Å². The summed E-state index contributed by atoms with van der Waals surface area (Å²) in [5.74, 6) is 1.80. The molecule has 0 aliphatic heterocycles. The van der Waals surface area contributed by atoms with Gasteiger partial charge in [0.25, 0.3) is 0 Å². The minimum atomic E-state index is 0.137. The van der Waals surface area contributed by atoms with Crippen molar-refractivity contribution in [3.63, 3.8) is 0 Å². The number of aliphatic hydroxyl groups is 1. The van der Waals surface area contributed by atoms with Gasteiger partial charge in [0.2, 0.25) is 5.95 Å². The minimum absolute atomic E-state index is 0.137. The molecule has 4 N–H and O–H groups in total. The van der Waals surface area contributed by atoms with Gasteiger partial charge in [-0.2, -0.15) is 4.98 Å². The van der Waals surface area contributed by atoms with Crippen molar-refractivity contribution in [1.82, 2.24) is 14.5 Å². The molecule has 0 amide bonds. The van der Waals surface area contributed by atoms with Crippen LogP contribution >= 0.6 is 0 Å². The number of fused-ring (bicyclic) bond motifs is 1. The van der Waals surface area contributed by atoms with E-state index in [-0.39, 0.29) is 18.6 Å². The third kappa shape index (κ3) is 4.72. The van der Waals surface area contributed by atoms with E-state index in [2.05, 4.69) is 26.8 Å². The lowest BCUT2D eigenvalue weighted by Crippen LogP contribution is -2.22. The lowest BCUT2D eigenvalue weighted by molar-refractivity contribution is 0.276. The molecule has 0 fully saturated rings. The van der Waals surface area contributed by atoms with Crippen molar-refractivity contribution in [1.29, 1.82) is 0 Å². The molecule has 1 atom stereocenters. The van der Waals surface area contributed by atoms with Gasteiger partial charge in [-0.15, -0.1) is 0 Å². The van der Waals surface area contributed by atoms with Gasteiger partial charge in [-0.05, 0) is 36.6 Å². The van der Waals surface area contributed by atoms with Crippen LogP contribution < -0.4 is 15.8 Å². The number of hydrogen-bond donors (Lipinski definition) is 3. The first-order valence-electron chi connectivity index (χ1n) is 9.77. The Morgan fingerprint density at radius 2 is 1.96 bits per heavy atom. The number of hydrogen-bond acceptors (Lipinski definition) is 6. The number of aromatic nitrogens is 3. The Balaban J connectivity index is 1.91. The Kier molecular flexibility index (Phi) is 6.71. The van der Waals surface area contributed by atoms with Gasteiger partial charge >= 0.3 is 0 Å². The maximum Gasteiger partial charge on any atom is 0.222 e. The summed E-state index contributed by atoms with van der Waals surface area (Å²) in [6, 6.07) is 10.1. The molecular weight excluding hydrogens is 354 g/mol. The van der Waals surface area contributed by atoms with Gasteiger partial charge < -0.3 is 25.5 Å². The van der Waals surface area contributed by atoms with Crippen LogP contribution in [-0.2, 0) is 6.54 Å². The highest BCUT2D eigenvalue weighted by Gasteiger charge is 2.15. The fraction of sp³-hybridized carbons (Fsp3) is 0.429. The predicted molar refractivity (Wildman–Crippen MR) is 113 cm³/mol. The number of methoxy groups -OCH3 is 1. The van der Waals surface area contributed by atoms with Gasteiger partial charge in [0.1, 0.15) is 11.3 Å². The minimum Gasteiger partial charge on any atom is -0.497 e. The van der Waals surface area contributed by atoms with Gasteiger partial charge in [-0.25, -0.2) is 4.98 Å². The number of benzene rings is 1. The van der Waals surface area contributed by atoms with Crippen LogP contribution in [0.2, 0.25) is 0 Å². The van der Waals surface area contributed by atoms with E-state index in [1.54, 1.807) is 7.11 Å². The number of aliphatic hydroxyl groups excluding tert-OH is 1. The van der Waals surface area contributed by atoms with Crippen LogP contribution in [0.15, 0.2) is 36.5 Å². The zero-order valence-corrected chi connectivity index (χ0v) is 16.6. The second-order valence-corrected chi connectivity index (χ2v) is 6.95. The third-order valence-corrected chi connectivity index (χ3v) is 4.86. The molecule has 0 aliphatic rings. The van der Waals surface area contributed by atoms with Crippen molar-refractivity contribution >= 4 is 22.8 Å². The smallest absolute Gasteiger partial charge is 0.222 e. The number of anilines is 2. The largest absolute Gasteiger partial charge is 0.497 e. The third-order valence-electron chi connectivity index (χ3n) is 4.86. The van der Waals surface area contributed by atoms with Gasteiger partial charge in [-0.3, -0.25) is 0 Å². The molecular formula is C21H29N5O2. The molecule has 3 aromatic rings. The van der Waals surface area contributed by atoms with E-state index in [1.165, 1.54) is 0 Å². The van der Waals surface area contributed by atoms with Crippen LogP contribution in [0.4, 0.5) is 11.8 Å². The summed E-state index contributed by atoms with van der Waals surface area (Å²) in [4.78, 5) is 8.84. The molecule has 0 bridgehead atoms. The lowest BCUT2D eigenvalue weighted by Gasteiger charge is -2.20. The molecule has 2 aromatic heterocycles. The molecule has 1 aromatic carbocycles. The number of unbranched alkanes of at least 4 members (excludes halogenated alkanes) is 1. The van der Waals surface area contributed by atoms with Crippen LogP contribution in [0.5, 0.6) is 5.75 Å². The standard InChI is InChI=1S/C21H29N5O2/c1-3-4-5-16(11-13-27)23-20-19-18(24-21(22)25-20)10-12-26(19)14-15-6-8-17(28-2)9-7-15/h6-10,12,16,27H,3-5,11,13-14H2,1-2H3,(H3,22,23,24,25). The van der Waals surface area contributed by atoms with E-state index < -0.39 is 0 Å². The maximum absolute atomic E-state index is 9.42. The number of nitrogens with one attached hydrogen (secondary N) is 1. The number of nitrogen functional groups attached to an aromatic ring is 1. The summed E-state index contributed by atoms with van der Waals surface area (Å²) in [6.07, 6.45) is 5.85. The average Bonchev–Trinajstić information content (AvgIpc) is 3.09. The number of nitrogens with zero attached hydrogens (tertiary/aromatic N) is 3. The van der Waals surface area contributed by atoms with Gasteiger partial charge in [0.15, 0.2) is 5.82 Å². The Bertz CT molecular complexity index is 892. The van der Waals surface area contributed by atoms with E-state index in [0.29, 0.717) is 13.0 Å². The van der Waals surface area contributed by atoms with E-state index in [4.69, 9.17) is 10.5 Å². The monoisotopic (exact) mass is 383 g/mol. The molecule has 0 saturated heterocycles. The van der Waals surface area contributed by atoms with Crippen LogP contribution in [0.3, 0.4) is 0 Å². The van der Waals surface area contributed by atoms with Crippen LogP contribution in [0.1, 0.15) is 38.2 Å². The summed E-state index contributed by atoms with van der Waals surface area (Å²) < 4.78 is 7.35. The molecule has 2 heterocycles. The maximum atomic E-state index is 9.42. The van der Waals surface area contributed by atoms with Crippen molar-refractivity contribution < 1.29 is 9.84 Å². The number of nitrogens with two attached hydrogens (primary N) is 1. The Labute approximate surface area is 165 Å². The number of ether oxygens (including phenoxy) is 1. The van der Waals surface area contributed by atoms with E-state index in [9.17, 15) is 5.11 Å².